The normalized spacial score (nSPS) is 32.8. The van der Waals surface area contributed by atoms with Crippen molar-refractivity contribution in [1.82, 2.24) is 10.6 Å². The van der Waals surface area contributed by atoms with E-state index in [9.17, 15) is 9.59 Å². The first-order valence-electron chi connectivity index (χ1n) is 7.78. The molecule has 1 saturated carbocycles. The van der Waals surface area contributed by atoms with Gasteiger partial charge in [-0.3, -0.25) is 9.59 Å². The van der Waals surface area contributed by atoms with Gasteiger partial charge in [-0.15, -0.1) is 0 Å². The Bertz CT molecular complexity index is 372. The zero-order chi connectivity index (χ0) is 14.7. The van der Waals surface area contributed by atoms with Gasteiger partial charge in [-0.05, 0) is 45.4 Å². The molecule has 0 aromatic rings. The predicted molar refractivity (Wildman–Crippen MR) is 76.3 cm³/mol. The Morgan fingerprint density at radius 3 is 2.55 bits per heavy atom. The van der Waals surface area contributed by atoms with Crippen molar-refractivity contribution >= 4 is 11.9 Å². The largest absolute Gasteiger partial charge is 0.481 e. The Morgan fingerprint density at radius 2 is 1.85 bits per heavy atom. The molecule has 0 aromatic heterocycles. The number of nitrogens with one attached hydrogen (secondary N) is 2. The van der Waals surface area contributed by atoms with Crippen molar-refractivity contribution in [1.29, 1.82) is 0 Å². The topological polar surface area (TPSA) is 78.4 Å². The van der Waals surface area contributed by atoms with Crippen LogP contribution < -0.4 is 10.6 Å². The summed E-state index contributed by atoms with van der Waals surface area (Å²) < 4.78 is 0. The number of hydrogen-bond acceptors (Lipinski definition) is 3. The molecule has 1 amide bonds. The van der Waals surface area contributed by atoms with Crippen molar-refractivity contribution in [3.05, 3.63) is 0 Å². The predicted octanol–water partition coefficient (Wildman–Crippen LogP) is 1.52. The summed E-state index contributed by atoms with van der Waals surface area (Å²) in [5.74, 6) is -0.760. The fourth-order valence-corrected chi connectivity index (χ4v) is 3.37. The summed E-state index contributed by atoms with van der Waals surface area (Å²) in [6, 6.07) is -0.0240. The lowest BCUT2D eigenvalue weighted by molar-refractivity contribution is -0.142. The maximum atomic E-state index is 12.2. The number of aliphatic carboxylic acids is 1. The monoisotopic (exact) mass is 282 g/mol. The average molecular weight is 282 g/mol. The van der Waals surface area contributed by atoms with Crippen LogP contribution in [0, 0.1) is 11.8 Å². The highest BCUT2D eigenvalue weighted by atomic mass is 16.4. The van der Waals surface area contributed by atoms with Crippen LogP contribution in [0.3, 0.4) is 0 Å². The average Bonchev–Trinajstić information content (AvgIpc) is 2.45. The maximum absolute atomic E-state index is 12.2. The molecular weight excluding hydrogens is 256 g/mol. The molecule has 5 atom stereocenters. The number of rotatable bonds is 4. The van der Waals surface area contributed by atoms with Crippen molar-refractivity contribution in [2.45, 2.75) is 70.5 Å². The van der Waals surface area contributed by atoms with Gasteiger partial charge in [-0.1, -0.05) is 12.8 Å². The molecular formula is C15H26N2O3. The van der Waals surface area contributed by atoms with Crippen LogP contribution in [0.25, 0.3) is 0 Å². The zero-order valence-corrected chi connectivity index (χ0v) is 12.4. The van der Waals surface area contributed by atoms with Crippen LogP contribution in [-0.2, 0) is 9.59 Å². The number of hydrogen-bond donors (Lipinski definition) is 3. The van der Waals surface area contributed by atoms with Gasteiger partial charge in [0, 0.05) is 12.1 Å². The fourth-order valence-electron chi connectivity index (χ4n) is 3.37. The van der Waals surface area contributed by atoms with Crippen molar-refractivity contribution in [3.8, 4) is 0 Å². The first-order chi connectivity index (χ1) is 9.49. The molecule has 1 heterocycles. The van der Waals surface area contributed by atoms with Crippen molar-refractivity contribution in [2.24, 2.45) is 11.8 Å². The van der Waals surface area contributed by atoms with E-state index in [1.54, 1.807) is 13.8 Å². The van der Waals surface area contributed by atoms with Crippen LogP contribution in [0.1, 0.15) is 52.4 Å². The number of fused-ring (bicyclic) bond motifs is 1. The van der Waals surface area contributed by atoms with Crippen molar-refractivity contribution in [3.63, 3.8) is 0 Å². The molecule has 5 unspecified atom stereocenters. The molecule has 0 aromatic carbocycles. The Balaban J connectivity index is 1.85. The second-order valence-electron chi connectivity index (χ2n) is 6.37. The summed E-state index contributed by atoms with van der Waals surface area (Å²) in [6.45, 7) is 3.38. The van der Waals surface area contributed by atoms with Gasteiger partial charge in [0.05, 0.1) is 12.0 Å². The number of amides is 1. The quantitative estimate of drug-likeness (QED) is 0.730. The van der Waals surface area contributed by atoms with E-state index < -0.39 is 11.9 Å². The number of carbonyl (C=O) groups is 2. The lowest BCUT2D eigenvalue weighted by atomic mass is 9.77. The van der Waals surface area contributed by atoms with Crippen LogP contribution in [0.5, 0.6) is 0 Å². The van der Waals surface area contributed by atoms with Gasteiger partial charge in [-0.2, -0.15) is 0 Å². The van der Waals surface area contributed by atoms with Crippen LogP contribution in [0.2, 0.25) is 0 Å². The lowest BCUT2D eigenvalue weighted by Gasteiger charge is -2.40. The third-order valence-electron chi connectivity index (χ3n) is 4.98. The van der Waals surface area contributed by atoms with Gasteiger partial charge in [0.1, 0.15) is 0 Å². The molecule has 0 bridgehead atoms. The van der Waals surface area contributed by atoms with Gasteiger partial charge >= 0.3 is 5.97 Å². The number of piperidine rings is 1. The minimum absolute atomic E-state index is 0.0466. The summed E-state index contributed by atoms with van der Waals surface area (Å²) in [7, 11) is 0. The third-order valence-corrected chi connectivity index (χ3v) is 4.98. The summed E-state index contributed by atoms with van der Waals surface area (Å²) in [5, 5.41) is 15.3. The third kappa shape index (κ3) is 3.51. The Labute approximate surface area is 120 Å². The van der Waals surface area contributed by atoms with Gasteiger partial charge < -0.3 is 15.7 Å². The minimum Gasteiger partial charge on any atom is -0.481 e. The van der Waals surface area contributed by atoms with Crippen LogP contribution in [0.4, 0.5) is 0 Å². The van der Waals surface area contributed by atoms with E-state index in [0.29, 0.717) is 6.04 Å². The van der Waals surface area contributed by atoms with E-state index in [4.69, 9.17) is 5.11 Å². The minimum atomic E-state index is -0.873. The molecule has 5 nitrogen and oxygen atoms in total. The lowest BCUT2D eigenvalue weighted by Crippen LogP contribution is -2.56. The molecule has 2 rings (SSSR count). The highest BCUT2D eigenvalue weighted by Crippen LogP contribution is 2.32. The van der Waals surface area contributed by atoms with Crippen LogP contribution >= 0.6 is 0 Å². The van der Waals surface area contributed by atoms with E-state index in [1.807, 2.05) is 0 Å². The van der Waals surface area contributed by atoms with Crippen molar-refractivity contribution in [2.75, 3.05) is 0 Å². The molecule has 20 heavy (non-hydrogen) atoms. The molecule has 114 valence electrons. The molecule has 2 aliphatic rings. The summed E-state index contributed by atoms with van der Waals surface area (Å²) in [6.07, 6.45) is 6.97. The number of carboxylic acids is 1. The molecule has 0 radical (unpaired) electrons. The molecule has 5 heteroatoms. The van der Waals surface area contributed by atoms with E-state index >= 15 is 0 Å². The van der Waals surface area contributed by atoms with E-state index in [-0.39, 0.29) is 18.0 Å². The first kappa shape index (κ1) is 15.3. The number of carboxylic acid groups (broad SMARTS) is 1. The van der Waals surface area contributed by atoms with Crippen LogP contribution in [-0.4, -0.2) is 35.1 Å². The Morgan fingerprint density at radius 1 is 1.15 bits per heavy atom. The van der Waals surface area contributed by atoms with Crippen LogP contribution in [0.15, 0.2) is 0 Å². The Kier molecular flexibility index (Phi) is 5.02. The summed E-state index contributed by atoms with van der Waals surface area (Å²) in [5.41, 5.74) is 0. The summed E-state index contributed by atoms with van der Waals surface area (Å²) in [4.78, 5) is 23.2. The Hall–Kier alpha value is -1.10. The van der Waals surface area contributed by atoms with Gasteiger partial charge in [0.25, 0.3) is 0 Å². The maximum Gasteiger partial charge on any atom is 0.308 e. The van der Waals surface area contributed by atoms with Gasteiger partial charge in [-0.25, -0.2) is 0 Å². The summed E-state index contributed by atoms with van der Waals surface area (Å²) >= 11 is 0. The molecule has 0 spiro atoms. The smallest absolute Gasteiger partial charge is 0.308 e. The standard InChI is InChI=1S/C15H26N2O3/c1-9(15(19)20)10(2)16-14(18)13-8-7-11-5-3-4-6-12(11)17-13/h9-13,17H,3-8H2,1-2H3,(H,16,18)(H,19,20). The molecule has 2 fully saturated rings. The SMILES string of the molecule is CC(NC(=O)C1CCC2CCCCC2N1)C(C)C(=O)O. The van der Waals surface area contributed by atoms with Gasteiger partial charge in [0.2, 0.25) is 5.91 Å². The first-order valence-corrected chi connectivity index (χ1v) is 7.78. The second kappa shape index (κ2) is 6.57. The molecule has 1 saturated heterocycles. The van der Waals surface area contributed by atoms with Gasteiger partial charge in [0.15, 0.2) is 0 Å². The number of carbonyl (C=O) groups excluding carboxylic acids is 1. The fraction of sp³-hybridized carbons (Fsp3) is 0.867. The molecule has 1 aliphatic carbocycles. The van der Waals surface area contributed by atoms with E-state index in [2.05, 4.69) is 10.6 Å². The molecule has 1 aliphatic heterocycles. The van der Waals surface area contributed by atoms with E-state index in [0.717, 1.165) is 25.2 Å². The highest BCUT2D eigenvalue weighted by molar-refractivity contribution is 5.83. The van der Waals surface area contributed by atoms with Crippen molar-refractivity contribution < 1.29 is 14.7 Å². The zero-order valence-electron chi connectivity index (χ0n) is 12.4. The molecule has 3 N–H and O–H groups in total. The highest BCUT2D eigenvalue weighted by Gasteiger charge is 2.35. The second-order valence-corrected chi connectivity index (χ2v) is 6.37. The van der Waals surface area contributed by atoms with E-state index in [1.165, 1.54) is 19.3 Å².